The van der Waals surface area contributed by atoms with E-state index in [0.717, 1.165) is 0 Å². The lowest BCUT2D eigenvalue weighted by Crippen LogP contribution is -2.42. The fraction of sp³-hybridized carbons (Fsp3) is 0.625. The van der Waals surface area contributed by atoms with Crippen LogP contribution in [0.4, 0.5) is 4.79 Å². The molecular weight excluding hydrogens is 202 g/mol. The molecule has 0 saturated carbocycles. The second-order valence-corrected chi connectivity index (χ2v) is 2.97. The molecule has 0 heterocycles. The summed E-state index contributed by atoms with van der Waals surface area (Å²) in [6.07, 6.45) is 0.422. The van der Waals surface area contributed by atoms with E-state index < -0.39 is 23.8 Å². The van der Waals surface area contributed by atoms with Crippen molar-refractivity contribution in [1.29, 1.82) is 0 Å². The minimum atomic E-state index is -0.965. The average molecular weight is 217 g/mol. The number of carboxylic acids is 1. The molecule has 0 fully saturated rings. The number of rotatable bonds is 6. The van der Waals surface area contributed by atoms with Gasteiger partial charge in [0.2, 0.25) is 5.91 Å². The Morgan fingerprint density at radius 1 is 1.33 bits per heavy atom. The van der Waals surface area contributed by atoms with E-state index >= 15 is 0 Å². The standard InChI is InChI=1S/C8H15N3O4/c1-2-5(7(13)14)3-10-8(15)11-4-6(9)12/h5H,2-4H2,1H3,(H2,9,12)(H,13,14)(H2,10,11,15). The Bertz CT molecular complexity index is 254. The molecule has 0 saturated heterocycles. The van der Waals surface area contributed by atoms with Gasteiger partial charge in [-0.05, 0) is 6.42 Å². The molecule has 15 heavy (non-hydrogen) atoms. The summed E-state index contributed by atoms with van der Waals surface area (Å²) in [6, 6.07) is -0.603. The zero-order chi connectivity index (χ0) is 11.8. The lowest BCUT2D eigenvalue weighted by atomic mass is 10.1. The van der Waals surface area contributed by atoms with E-state index in [4.69, 9.17) is 10.8 Å². The Kier molecular flexibility index (Phi) is 5.84. The van der Waals surface area contributed by atoms with Crippen molar-refractivity contribution in [2.24, 2.45) is 11.7 Å². The molecule has 3 amide bonds. The number of amides is 3. The molecule has 0 bridgehead atoms. The van der Waals surface area contributed by atoms with Gasteiger partial charge in [-0.15, -0.1) is 0 Å². The highest BCUT2D eigenvalue weighted by molar-refractivity contribution is 5.83. The number of hydrogen-bond donors (Lipinski definition) is 4. The van der Waals surface area contributed by atoms with Crippen molar-refractivity contribution in [3.8, 4) is 0 Å². The van der Waals surface area contributed by atoms with Crippen molar-refractivity contribution in [2.75, 3.05) is 13.1 Å². The molecule has 7 nitrogen and oxygen atoms in total. The summed E-state index contributed by atoms with van der Waals surface area (Å²) < 4.78 is 0. The summed E-state index contributed by atoms with van der Waals surface area (Å²) in [6.45, 7) is 1.47. The Morgan fingerprint density at radius 3 is 2.33 bits per heavy atom. The third-order valence-electron chi connectivity index (χ3n) is 1.77. The number of aliphatic carboxylic acids is 1. The van der Waals surface area contributed by atoms with Crippen molar-refractivity contribution in [3.63, 3.8) is 0 Å². The third-order valence-corrected chi connectivity index (χ3v) is 1.77. The number of primary amides is 1. The fourth-order valence-electron chi connectivity index (χ4n) is 0.852. The van der Waals surface area contributed by atoms with Crippen LogP contribution in [-0.4, -0.2) is 36.1 Å². The zero-order valence-corrected chi connectivity index (χ0v) is 8.45. The summed E-state index contributed by atoms with van der Waals surface area (Å²) in [4.78, 5) is 31.8. The number of hydrogen-bond acceptors (Lipinski definition) is 3. The van der Waals surface area contributed by atoms with Crippen LogP contribution in [0.25, 0.3) is 0 Å². The molecule has 0 aliphatic carbocycles. The van der Waals surface area contributed by atoms with Gasteiger partial charge in [0.15, 0.2) is 0 Å². The summed E-state index contributed by atoms with van der Waals surface area (Å²) in [5, 5.41) is 13.2. The lowest BCUT2D eigenvalue weighted by molar-refractivity contribution is -0.141. The van der Waals surface area contributed by atoms with E-state index in [9.17, 15) is 14.4 Å². The van der Waals surface area contributed by atoms with Crippen molar-refractivity contribution in [2.45, 2.75) is 13.3 Å². The van der Waals surface area contributed by atoms with E-state index in [1.165, 1.54) is 0 Å². The van der Waals surface area contributed by atoms with Crippen LogP contribution < -0.4 is 16.4 Å². The van der Waals surface area contributed by atoms with Gasteiger partial charge in [0.25, 0.3) is 0 Å². The van der Waals surface area contributed by atoms with Crippen molar-refractivity contribution in [3.05, 3.63) is 0 Å². The summed E-state index contributed by atoms with van der Waals surface area (Å²) in [5.41, 5.74) is 4.80. The molecule has 1 unspecified atom stereocenters. The van der Waals surface area contributed by atoms with Crippen LogP contribution in [0.5, 0.6) is 0 Å². The lowest BCUT2D eigenvalue weighted by Gasteiger charge is -2.11. The first-order valence-corrected chi connectivity index (χ1v) is 4.50. The number of nitrogens with one attached hydrogen (secondary N) is 2. The maximum atomic E-state index is 11.0. The van der Waals surface area contributed by atoms with Crippen LogP contribution in [0.15, 0.2) is 0 Å². The smallest absolute Gasteiger partial charge is 0.315 e. The molecular formula is C8H15N3O4. The van der Waals surface area contributed by atoms with E-state index in [2.05, 4.69) is 10.6 Å². The van der Waals surface area contributed by atoms with Crippen LogP contribution in [0.3, 0.4) is 0 Å². The van der Waals surface area contributed by atoms with Gasteiger partial charge in [0, 0.05) is 6.54 Å². The molecule has 0 rings (SSSR count). The van der Waals surface area contributed by atoms with Crippen LogP contribution in [-0.2, 0) is 9.59 Å². The predicted octanol–water partition coefficient (Wildman–Crippen LogP) is -1.12. The molecule has 5 N–H and O–H groups in total. The van der Waals surface area contributed by atoms with E-state index in [0.29, 0.717) is 6.42 Å². The predicted molar refractivity (Wildman–Crippen MR) is 52.0 cm³/mol. The van der Waals surface area contributed by atoms with Gasteiger partial charge in [-0.3, -0.25) is 9.59 Å². The Morgan fingerprint density at radius 2 is 1.93 bits per heavy atom. The second kappa shape index (κ2) is 6.63. The number of carbonyl (C=O) groups excluding carboxylic acids is 2. The Labute approximate surface area is 87.0 Å². The van der Waals surface area contributed by atoms with Gasteiger partial charge in [-0.1, -0.05) is 6.92 Å². The minimum Gasteiger partial charge on any atom is -0.481 e. The quantitative estimate of drug-likeness (QED) is 0.450. The molecule has 0 aliphatic heterocycles. The van der Waals surface area contributed by atoms with Crippen molar-refractivity contribution >= 4 is 17.9 Å². The number of urea groups is 1. The van der Waals surface area contributed by atoms with Gasteiger partial charge in [0.05, 0.1) is 12.5 Å². The first-order chi connectivity index (χ1) is 6.97. The number of carbonyl (C=O) groups is 3. The van der Waals surface area contributed by atoms with Gasteiger partial charge in [-0.25, -0.2) is 4.79 Å². The highest BCUT2D eigenvalue weighted by atomic mass is 16.4. The van der Waals surface area contributed by atoms with Crippen LogP contribution >= 0.6 is 0 Å². The second-order valence-electron chi connectivity index (χ2n) is 2.97. The van der Waals surface area contributed by atoms with Gasteiger partial charge < -0.3 is 21.5 Å². The van der Waals surface area contributed by atoms with Crippen molar-refractivity contribution < 1.29 is 19.5 Å². The summed E-state index contributed by atoms with van der Waals surface area (Å²) in [5.74, 6) is -2.24. The highest BCUT2D eigenvalue weighted by Gasteiger charge is 2.15. The SMILES string of the molecule is CCC(CNC(=O)NCC(N)=O)C(=O)O. The molecule has 0 aliphatic rings. The Balaban J connectivity index is 3.78. The van der Waals surface area contributed by atoms with E-state index in [1.807, 2.05) is 0 Å². The summed E-state index contributed by atoms with van der Waals surface area (Å²) in [7, 11) is 0. The topological polar surface area (TPSA) is 122 Å². The number of carboxylic acid groups (broad SMARTS) is 1. The molecule has 0 aromatic carbocycles. The monoisotopic (exact) mass is 217 g/mol. The molecule has 86 valence electrons. The first-order valence-electron chi connectivity index (χ1n) is 4.50. The molecule has 0 spiro atoms. The zero-order valence-electron chi connectivity index (χ0n) is 8.45. The Hall–Kier alpha value is -1.79. The van der Waals surface area contributed by atoms with Gasteiger partial charge in [-0.2, -0.15) is 0 Å². The molecule has 1 atom stereocenters. The summed E-state index contributed by atoms with van der Waals surface area (Å²) >= 11 is 0. The molecule has 7 heteroatoms. The maximum absolute atomic E-state index is 11.0. The largest absolute Gasteiger partial charge is 0.481 e. The van der Waals surface area contributed by atoms with E-state index in [1.54, 1.807) is 6.92 Å². The maximum Gasteiger partial charge on any atom is 0.315 e. The van der Waals surface area contributed by atoms with Crippen LogP contribution in [0, 0.1) is 5.92 Å². The molecule has 0 radical (unpaired) electrons. The first kappa shape index (κ1) is 13.2. The third kappa shape index (κ3) is 6.30. The van der Waals surface area contributed by atoms with Crippen LogP contribution in [0.2, 0.25) is 0 Å². The van der Waals surface area contributed by atoms with Crippen molar-refractivity contribution in [1.82, 2.24) is 10.6 Å². The molecule has 0 aromatic heterocycles. The fourth-order valence-corrected chi connectivity index (χ4v) is 0.852. The normalized spacial score (nSPS) is 11.5. The van der Waals surface area contributed by atoms with Gasteiger partial charge in [0.1, 0.15) is 0 Å². The molecule has 0 aromatic rings. The highest BCUT2D eigenvalue weighted by Crippen LogP contribution is 1.99. The van der Waals surface area contributed by atoms with Crippen LogP contribution in [0.1, 0.15) is 13.3 Å². The minimum absolute atomic E-state index is 0.0242. The van der Waals surface area contributed by atoms with E-state index in [-0.39, 0.29) is 13.1 Å². The average Bonchev–Trinajstić information content (AvgIpc) is 2.15. The number of nitrogens with two attached hydrogens (primary N) is 1. The van der Waals surface area contributed by atoms with Gasteiger partial charge >= 0.3 is 12.0 Å².